The summed E-state index contributed by atoms with van der Waals surface area (Å²) in [4.78, 5) is 25.4. The minimum Gasteiger partial charge on any atom is -0.462 e. The predicted octanol–water partition coefficient (Wildman–Crippen LogP) is 18.3. The predicted molar refractivity (Wildman–Crippen MR) is 270 cm³/mol. The Bertz CT molecular complexity index is 1030. The Morgan fingerprint density at radius 2 is 0.694 bits per heavy atom. The van der Waals surface area contributed by atoms with E-state index in [0.29, 0.717) is 19.4 Å². The monoisotopic (exact) mass is 869 g/mol. The molecule has 62 heavy (non-hydrogen) atoms. The number of esters is 2. The highest BCUT2D eigenvalue weighted by molar-refractivity contribution is 5.70. The Kier molecular flexibility index (Phi) is 51.4. The van der Waals surface area contributed by atoms with E-state index < -0.39 is 6.10 Å². The third-order valence-corrected chi connectivity index (χ3v) is 11.8. The van der Waals surface area contributed by atoms with Gasteiger partial charge in [0, 0.05) is 19.4 Å². The normalized spacial score (nSPS) is 12.5. The SMILES string of the molecule is CCCC/C=C\CCCCCCCCOCC(COC(=O)CCCCCCCCCCC/C=C\CCCCCCCC)OC(=O)CCCCCCC/C=C\C/C=C\CCCCC. The molecular weight excluding hydrogens is 765 g/mol. The van der Waals surface area contributed by atoms with Gasteiger partial charge in [-0.15, -0.1) is 0 Å². The third-order valence-electron chi connectivity index (χ3n) is 11.8. The lowest BCUT2D eigenvalue weighted by Crippen LogP contribution is -2.30. The number of allylic oxidation sites excluding steroid dienone is 8. The molecule has 362 valence electrons. The number of ether oxygens (including phenoxy) is 3. The van der Waals surface area contributed by atoms with Crippen molar-refractivity contribution in [3.8, 4) is 0 Å². The first kappa shape index (κ1) is 59.9. The lowest BCUT2D eigenvalue weighted by Gasteiger charge is -2.18. The van der Waals surface area contributed by atoms with Gasteiger partial charge in [0.05, 0.1) is 6.61 Å². The molecule has 5 nitrogen and oxygen atoms in total. The van der Waals surface area contributed by atoms with Gasteiger partial charge in [0.25, 0.3) is 0 Å². The molecule has 0 bridgehead atoms. The molecule has 0 fully saturated rings. The molecule has 0 amide bonds. The summed E-state index contributed by atoms with van der Waals surface area (Å²) in [6.07, 6.45) is 65.5. The number of hydrogen-bond donors (Lipinski definition) is 0. The fraction of sp³-hybridized carbons (Fsp3) is 0.825. The Hall–Kier alpha value is -2.14. The summed E-state index contributed by atoms with van der Waals surface area (Å²) in [5.74, 6) is -0.409. The van der Waals surface area contributed by atoms with Crippen molar-refractivity contribution < 1.29 is 23.8 Å². The zero-order valence-corrected chi connectivity index (χ0v) is 41.6. The van der Waals surface area contributed by atoms with Crippen molar-refractivity contribution in [1.82, 2.24) is 0 Å². The zero-order chi connectivity index (χ0) is 44.9. The van der Waals surface area contributed by atoms with Crippen molar-refractivity contribution >= 4 is 11.9 Å². The molecule has 0 heterocycles. The van der Waals surface area contributed by atoms with E-state index >= 15 is 0 Å². The topological polar surface area (TPSA) is 61.8 Å². The van der Waals surface area contributed by atoms with E-state index in [4.69, 9.17) is 14.2 Å². The molecule has 0 N–H and O–H groups in total. The standard InChI is InChI=1S/C57H104O5/c1-4-7-10-13-16-19-22-25-27-28-29-30-32-33-35-38-41-44-47-50-56(58)61-54-55(53-60-52-49-46-43-40-37-24-21-18-15-12-9-6-3)62-57(59)51-48-45-42-39-36-34-31-26-23-20-17-14-11-8-5-2/h15,17-18,20,25-27,31,55H,4-14,16,19,21-24,28-30,32-54H2,1-3H3/b18-15-,20-17-,27-25-,31-26-. The van der Waals surface area contributed by atoms with E-state index in [9.17, 15) is 9.59 Å². The molecular formula is C57H104O5. The van der Waals surface area contributed by atoms with Crippen LogP contribution in [0.25, 0.3) is 0 Å². The van der Waals surface area contributed by atoms with Crippen molar-refractivity contribution in [3.63, 3.8) is 0 Å². The molecule has 0 saturated carbocycles. The Morgan fingerprint density at radius 1 is 0.355 bits per heavy atom. The summed E-state index contributed by atoms with van der Waals surface area (Å²) < 4.78 is 17.4. The van der Waals surface area contributed by atoms with Crippen LogP contribution in [0.5, 0.6) is 0 Å². The van der Waals surface area contributed by atoms with Gasteiger partial charge in [-0.3, -0.25) is 9.59 Å². The lowest BCUT2D eigenvalue weighted by atomic mass is 10.1. The van der Waals surface area contributed by atoms with Crippen LogP contribution in [-0.4, -0.2) is 37.9 Å². The Morgan fingerprint density at radius 3 is 1.16 bits per heavy atom. The highest BCUT2D eigenvalue weighted by Crippen LogP contribution is 2.15. The maximum Gasteiger partial charge on any atom is 0.306 e. The molecule has 1 unspecified atom stereocenters. The van der Waals surface area contributed by atoms with Crippen LogP contribution >= 0.6 is 0 Å². The molecule has 0 aromatic carbocycles. The first-order chi connectivity index (χ1) is 30.6. The molecule has 0 aromatic heterocycles. The van der Waals surface area contributed by atoms with Gasteiger partial charge in [0.2, 0.25) is 0 Å². The fourth-order valence-corrected chi connectivity index (χ4v) is 7.69. The van der Waals surface area contributed by atoms with Crippen LogP contribution in [0.3, 0.4) is 0 Å². The Balaban J connectivity index is 4.23. The van der Waals surface area contributed by atoms with Crippen LogP contribution < -0.4 is 0 Å². The zero-order valence-electron chi connectivity index (χ0n) is 41.6. The smallest absolute Gasteiger partial charge is 0.306 e. The van der Waals surface area contributed by atoms with E-state index in [2.05, 4.69) is 69.4 Å². The number of carbonyl (C=O) groups is 2. The van der Waals surface area contributed by atoms with Gasteiger partial charge in [-0.2, -0.15) is 0 Å². The molecule has 0 aliphatic rings. The number of hydrogen-bond acceptors (Lipinski definition) is 5. The summed E-state index contributed by atoms with van der Waals surface area (Å²) in [5, 5.41) is 0. The molecule has 0 spiro atoms. The molecule has 0 radical (unpaired) electrons. The average Bonchev–Trinajstić information content (AvgIpc) is 3.27. The number of carbonyl (C=O) groups excluding carboxylic acids is 2. The van der Waals surface area contributed by atoms with E-state index in [1.165, 1.54) is 186 Å². The van der Waals surface area contributed by atoms with Gasteiger partial charge in [-0.1, -0.05) is 217 Å². The highest BCUT2D eigenvalue weighted by atomic mass is 16.6. The molecule has 0 aliphatic heterocycles. The molecule has 1 atom stereocenters. The van der Waals surface area contributed by atoms with Crippen LogP contribution in [0, 0.1) is 0 Å². The number of rotatable bonds is 50. The van der Waals surface area contributed by atoms with Gasteiger partial charge in [-0.25, -0.2) is 0 Å². The van der Waals surface area contributed by atoms with Gasteiger partial charge in [-0.05, 0) is 96.3 Å². The second-order valence-electron chi connectivity index (χ2n) is 18.1. The van der Waals surface area contributed by atoms with Gasteiger partial charge in [0.1, 0.15) is 6.61 Å². The first-order valence-corrected chi connectivity index (χ1v) is 27.2. The molecule has 0 saturated heterocycles. The second-order valence-corrected chi connectivity index (χ2v) is 18.1. The van der Waals surface area contributed by atoms with E-state index in [1.54, 1.807) is 0 Å². The van der Waals surface area contributed by atoms with Crippen molar-refractivity contribution in [2.75, 3.05) is 19.8 Å². The number of unbranched alkanes of at least 4 members (excludes halogenated alkanes) is 31. The van der Waals surface area contributed by atoms with Crippen LogP contribution in [-0.2, 0) is 23.8 Å². The quantitative estimate of drug-likeness (QED) is 0.0346. The fourth-order valence-electron chi connectivity index (χ4n) is 7.69. The van der Waals surface area contributed by atoms with Crippen molar-refractivity contribution in [2.45, 2.75) is 284 Å². The molecule has 5 heteroatoms. The summed E-state index contributed by atoms with van der Waals surface area (Å²) in [6.45, 7) is 7.77. The summed E-state index contributed by atoms with van der Waals surface area (Å²) in [7, 11) is 0. The van der Waals surface area contributed by atoms with Crippen molar-refractivity contribution in [1.29, 1.82) is 0 Å². The van der Waals surface area contributed by atoms with Crippen LogP contribution in [0.1, 0.15) is 278 Å². The second kappa shape index (κ2) is 53.2. The molecule has 0 aliphatic carbocycles. The first-order valence-electron chi connectivity index (χ1n) is 27.2. The Labute approximate surface area is 386 Å². The van der Waals surface area contributed by atoms with E-state index in [0.717, 1.165) is 57.8 Å². The molecule has 0 aromatic rings. The largest absolute Gasteiger partial charge is 0.462 e. The maximum absolute atomic E-state index is 12.8. The highest BCUT2D eigenvalue weighted by Gasteiger charge is 2.17. The van der Waals surface area contributed by atoms with E-state index in [1.807, 2.05) is 0 Å². The average molecular weight is 869 g/mol. The minimum atomic E-state index is -0.545. The van der Waals surface area contributed by atoms with Crippen LogP contribution in [0.4, 0.5) is 0 Å². The minimum absolute atomic E-state index is 0.0779. The van der Waals surface area contributed by atoms with Gasteiger partial charge < -0.3 is 14.2 Å². The van der Waals surface area contributed by atoms with Crippen molar-refractivity contribution in [3.05, 3.63) is 48.6 Å². The van der Waals surface area contributed by atoms with Crippen molar-refractivity contribution in [2.24, 2.45) is 0 Å². The van der Waals surface area contributed by atoms with Gasteiger partial charge >= 0.3 is 11.9 Å². The third kappa shape index (κ3) is 50.5. The summed E-state index contributed by atoms with van der Waals surface area (Å²) in [5.41, 5.74) is 0. The maximum atomic E-state index is 12.8. The summed E-state index contributed by atoms with van der Waals surface area (Å²) in [6, 6.07) is 0. The van der Waals surface area contributed by atoms with E-state index in [-0.39, 0.29) is 25.2 Å². The van der Waals surface area contributed by atoms with Crippen LogP contribution in [0.2, 0.25) is 0 Å². The lowest BCUT2D eigenvalue weighted by molar-refractivity contribution is -0.163. The molecule has 0 rings (SSSR count). The summed E-state index contributed by atoms with van der Waals surface area (Å²) >= 11 is 0. The van der Waals surface area contributed by atoms with Gasteiger partial charge in [0.15, 0.2) is 6.10 Å². The van der Waals surface area contributed by atoms with Crippen LogP contribution in [0.15, 0.2) is 48.6 Å².